The lowest BCUT2D eigenvalue weighted by atomic mass is 10.1. The summed E-state index contributed by atoms with van der Waals surface area (Å²) in [5.41, 5.74) is 1.95. The zero-order chi connectivity index (χ0) is 11.5. The normalized spacial score (nSPS) is 10.1. The fourth-order valence-electron chi connectivity index (χ4n) is 1.40. The van der Waals surface area contributed by atoms with Gasteiger partial charge in [-0.1, -0.05) is 12.1 Å². The largest absolute Gasteiger partial charge is 0.478 e. The first-order chi connectivity index (χ1) is 7.66. The maximum Gasteiger partial charge on any atom is 0.335 e. The predicted molar refractivity (Wildman–Crippen MR) is 59.2 cm³/mol. The first kappa shape index (κ1) is 10.3. The summed E-state index contributed by atoms with van der Waals surface area (Å²) in [7, 11) is 0. The molecule has 1 heterocycles. The summed E-state index contributed by atoms with van der Waals surface area (Å²) in [4.78, 5) is 18.9. The van der Waals surface area contributed by atoms with Crippen LogP contribution in [0.15, 0.2) is 36.5 Å². The van der Waals surface area contributed by atoms with Crippen LogP contribution in [0.1, 0.15) is 16.2 Å². The quantitative estimate of drug-likeness (QED) is 0.831. The van der Waals surface area contributed by atoms with E-state index in [1.54, 1.807) is 36.5 Å². The van der Waals surface area contributed by atoms with Gasteiger partial charge in [0.15, 0.2) is 0 Å². The van der Waals surface area contributed by atoms with Gasteiger partial charge in [0.1, 0.15) is 5.82 Å². The summed E-state index contributed by atoms with van der Waals surface area (Å²) in [6.45, 7) is 1.81. The van der Waals surface area contributed by atoms with E-state index in [1.165, 1.54) is 0 Å². The zero-order valence-electron chi connectivity index (χ0n) is 8.71. The molecular weight excluding hydrogens is 204 g/mol. The van der Waals surface area contributed by atoms with Crippen LogP contribution in [0, 0.1) is 6.92 Å². The van der Waals surface area contributed by atoms with Gasteiger partial charge in [0.05, 0.1) is 11.3 Å². The smallest absolute Gasteiger partial charge is 0.335 e. The summed E-state index contributed by atoms with van der Waals surface area (Å²) in [6.07, 6.45) is 1.68. The van der Waals surface area contributed by atoms with E-state index >= 15 is 0 Å². The number of aromatic nitrogens is 2. The van der Waals surface area contributed by atoms with Crippen LogP contribution in [0.3, 0.4) is 0 Å². The molecule has 0 saturated heterocycles. The molecule has 0 spiro atoms. The van der Waals surface area contributed by atoms with Crippen molar-refractivity contribution in [1.29, 1.82) is 0 Å². The van der Waals surface area contributed by atoms with Crippen molar-refractivity contribution in [1.82, 2.24) is 9.97 Å². The van der Waals surface area contributed by atoms with Gasteiger partial charge in [0, 0.05) is 11.8 Å². The maximum absolute atomic E-state index is 10.7. The second-order valence-electron chi connectivity index (χ2n) is 3.37. The number of benzene rings is 1. The monoisotopic (exact) mass is 214 g/mol. The van der Waals surface area contributed by atoms with Crippen LogP contribution in [0.2, 0.25) is 0 Å². The topological polar surface area (TPSA) is 63.1 Å². The molecule has 1 aromatic carbocycles. The van der Waals surface area contributed by atoms with Crippen LogP contribution in [-0.2, 0) is 0 Å². The minimum absolute atomic E-state index is 0.273. The zero-order valence-corrected chi connectivity index (χ0v) is 8.71. The SMILES string of the molecule is Cc1nccc(-c2ccc(C(=O)O)cc2)n1. The Morgan fingerprint density at radius 3 is 2.44 bits per heavy atom. The van der Waals surface area contributed by atoms with Gasteiger partial charge in [-0.3, -0.25) is 0 Å². The van der Waals surface area contributed by atoms with Crippen LogP contribution < -0.4 is 0 Å². The summed E-state index contributed by atoms with van der Waals surface area (Å²) >= 11 is 0. The van der Waals surface area contributed by atoms with E-state index in [1.807, 2.05) is 6.92 Å². The van der Waals surface area contributed by atoms with E-state index < -0.39 is 5.97 Å². The van der Waals surface area contributed by atoms with Crippen molar-refractivity contribution in [2.24, 2.45) is 0 Å². The van der Waals surface area contributed by atoms with E-state index in [2.05, 4.69) is 9.97 Å². The molecule has 4 nitrogen and oxygen atoms in total. The molecular formula is C12H10N2O2. The van der Waals surface area contributed by atoms with Gasteiger partial charge in [-0.05, 0) is 25.1 Å². The third-order valence-electron chi connectivity index (χ3n) is 2.20. The number of carbonyl (C=O) groups is 1. The summed E-state index contributed by atoms with van der Waals surface area (Å²) < 4.78 is 0. The van der Waals surface area contributed by atoms with Gasteiger partial charge in [-0.2, -0.15) is 0 Å². The molecule has 0 saturated carbocycles. The molecule has 0 bridgehead atoms. The van der Waals surface area contributed by atoms with E-state index in [-0.39, 0.29) is 5.56 Å². The van der Waals surface area contributed by atoms with Gasteiger partial charge in [-0.25, -0.2) is 14.8 Å². The Bertz CT molecular complexity index is 521. The molecule has 1 aromatic heterocycles. The van der Waals surface area contributed by atoms with E-state index in [0.717, 1.165) is 11.3 Å². The molecule has 0 aliphatic heterocycles. The lowest BCUT2D eigenvalue weighted by Gasteiger charge is -2.01. The van der Waals surface area contributed by atoms with Crippen molar-refractivity contribution >= 4 is 5.97 Å². The van der Waals surface area contributed by atoms with Gasteiger partial charge in [-0.15, -0.1) is 0 Å². The number of hydrogen-bond acceptors (Lipinski definition) is 3. The molecule has 4 heteroatoms. The highest BCUT2D eigenvalue weighted by Gasteiger charge is 2.03. The lowest BCUT2D eigenvalue weighted by molar-refractivity contribution is 0.0697. The lowest BCUT2D eigenvalue weighted by Crippen LogP contribution is -1.95. The van der Waals surface area contributed by atoms with Crippen LogP contribution >= 0.6 is 0 Å². The second kappa shape index (κ2) is 4.10. The highest BCUT2D eigenvalue weighted by atomic mass is 16.4. The first-order valence-electron chi connectivity index (χ1n) is 4.80. The Kier molecular flexibility index (Phi) is 2.64. The van der Waals surface area contributed by atoms with Gasteiger partial charge >= 0.3 is 5.97 Å². The number of carboxylic acids is 1. The summed E-state index contributed by atoms with van der Waals surface area (Å²) in [5, 5.41) is 8.76. The molecule has 0 aliphatic carbocycles. The molecule has 2 aromatic rings. The van der Waals surface area contributed by atoms with Crippen LogP contribution in [0.5, 0.6) is 0 Å². The standard InChI is InChI=1S/C12H10N2O2/c1-8-13-7-6-11(14-8)9-2-4-10(5-3-9)12(15)16/h2-7H,1H3,(H,15,16). The number of nitrogens with zero attached hydrogens (tertiary/aromatic N) is 2. The van der Waals surface area contributed by atoms with Crippen molar-refractivity contribution in [2.75, 3.05) is 0 Å². The average Bonchev–Trinajstić information content (AvgIpc) is 2.29. The highest BCUT2D eigenvalue weighted by Crippen LogP contribution is 2.16. The highest BCUT2D eigenvalue weighted by molar-refractivity contribution is 5.88. The molecule has 0 atom stereocenters. The number of aromatic carboxylic acids is 1. The van der Waals surface area contributed by atoms with Gasteiger partial charge in [0.25, 0.3) is 0 Å². The molecule has 16 heavy (non-hydrogen) atoms. The average molecular weight is 214 g/mol. The molecule has 0 unspecified atom stereocenters. The molecule has 80 valence electrons. The summed E-state index contributed by atoms with van der Waals surface area (Å²) in [6, 6.07) is 8.41. The van der Waals surface area contributed by atoms with Crippen LogP contribution in [0.4, 0.5) is 0 Å². The van der Waals surface area contributed by atoms with Crippen molar-refractivity contribution in [3.05, 3.63) is 47.9 Å². The predicted octanol–water partition coefficient (Wildman–Crippen LogP) is 2.15. The minimum Gasteiger partial charge on any atom is -0.478 e. The van der Waals surface area contributed by atoms with Crippen molar-refractivity contribution < 1.29 is 9.90 Å². The third-order valence-corrected chi connectivity index (χ3v) is 2.20. The molecule has 0 radical (unpaired) electrons. The van der Waals surface area contributed by atoms with Gasteiger partial charge in [0.2, 0.25) is 0 Å². The summed E-state index contributed by atoms with van der Waals surface area (Å²) in [5.74, 6) is -0.231. The second-order valence-corrected chi connectivity index (χ2v) is 3.37. The van der Waals surface area contributed by atoms with E-state index in [0.29, 0.717) is 5.82 Å². The third kappa shape index (κ3) is 2.06. The molecule has 0 amide bonds. The van der Waals surface area contributed by atoms with Crippen molar-refractivity contribution in [3.8, 4) is 11.3 Å². The van der Waals surface area contributed by atoms with Gasteiger partial charge < -0.3 is 5.11 Å². The maximum atomic E-state index is 10.7. The molecule has 2 rings (SSSR count). The Balaban J connectivity index is 2.38. The van der Waals surface area contributed by atoms with Crippen molar-refractivity contribution in [3.63, 3.8) is 0 Å². The van der Waals surface area contributed by atoms with Crippen molar-refractivity contribution in [2.45, 2.75) is 6.92 Å². The Morgan fingerprint density at radius 1 is 1.19 bits per heavy atom. The Hall–Kier alpha value is -2.23. The minimum atomic E-state index is -0.926. The molecule has 1 N–H and O–H groups in total. The Morgan fingerprint density at radius 2 is 1.88 bits per heavy atom. The number of aryl methyl sites for hydroxylation is 1. The fraction of sp³-hybridized carbons (Fsp3) is 0.0833. The van der Waals surface area contributed by atoms with Crippen LogP contribution in [0.25, 0.3) is 11.3 Å². The fourth-order valence-corrected chi connectivity index (χ4v) is 1.40. The number of hydrogen-bond donors (Lipinski definition) is 1. The molecule has 0 aliphatic rings. The first-order valence-corrected chi connectivity index (χ1v) is 4.80. The number of rotatable bonds is 2. The van der Waals surface area contributed by atoms with E-state index in [9.17, 15) is 4.79 Å². The molecule has 0 fully saturated rings. The van der Waals surface area contributed by atoms with E-state index in [4.69, 9.17) is 5.11 Å². The Labute approximate surface area is 92.6 Å². The number of carboxylic acid groups (broad SMARTS) is 1. The van der Waals surface area contributed by atoms with Crippen LogP contribution in [-0.4, -0.2) is 21.0 Å².